The second-order valence-electron chi connectivity index (χ2n) is 3.46. The molecule has 1 aromatic heterocycles. The van der Waals surface area contributed by atoms with Crippen LogP contribution in [0.2, 0.25) is 0 Å². The first-order chi connectivity index (χ1) is 8.24. The Balaban J connectivity index is 2.99. The van der Waals surface area contributed by atoms with Crippen LogP contribution < -0.4 is 14.4 Å². The van der Waals surface area contributed by atoms with Crippen LogP contribution in [0.4, 0.5) is 5.95 Å². The Labute approximate surface area is 101 Å². The van der Waals surface area contributed by atoms with Crippen molar-refractivity contribution in [2.75, 3.05) is 38.8 Å². The summed E-state index contributed by atoms with van der Waals surface area (Å²) in [5.74, 6) is 1.41. The van der Waals surface area contributed by atoms with Gasteiger partial charge in [-0.3, -0.25) is 0 Å². The topological polar surface area (TPSA) is 67.7 Å². The molecule has 1 heterocycles. The van der Waals surface area contributed by atoms with E-state index >= 15 is 0 Å². The summed E-state index contributed by atoms with van der Waals surface area (Å²) in [4.78, 5) is 10.4. The molecule has 0 unspecified atom stereocenters. The summed E-state index contributed by atoms with van der Waals surface area (Å²) in [7, 11) is 3.09. The van der Waals surface area contributed by atoms with E-state index in [1.54, 1.807) is 20.3 Å². The smallest absolute Gasteiger partial charge is 0.232 e. The van der Waals surface area contributed by atoms with Gasteiger partial charge in [0.25, 0.3) is 0 Å². The maximum Gasteiger partial charge on any atom is 0.232 e. The maximum atomic E-state index is 9.02. The Bertz CT molecular complexity index is 318. The van der Waals surface area contributed by atoms with E-state index in [2.05, 4.69) is 16.9 Å². The van der Waals surface area contributed by atoms with Crippen molar-refractivity contribution in [3.63, 3.8) is 0 Å². The summed E-state index contributed by atoms with van der Waals surface area (Å²) >= 11 is 0. The van der Waals surface area contributed by atoms with Gasteiger partial charge in [0, 0.05) is 13.1 Å². The molecule has 0 amide bonds. The molecule has 1 N–H and O–H groups in total. The Morgan fingerprint density at radius 1 is 1.18 bits per heavy atom. The molecule has 0 spiro atoms. The highest BCUT2D eigenvalue weighted by Gasteiger charge is 2.12. The number of aliphatic hydroxyl groups excluding tert-OH is 1. The van der Waals surface area contributed by atoms with Crippen molar-refractivity contribution < 1.29 is 14.6 Å². The highest BCUT2D eigenvalue weighted by Crippen LogP contribution is 2.19. The standard InChI is InChI=1S/C11H19N3O3/c1-4-5-14(6-7-15)11-12-9(16-2)8-10(13-11)17-3/h8,15H,4-7H2,1-3H3. The molecule has 0 aliphatic carbocycles. The second kappa shape index (κ2) is 6.90. The zero-order valence-electron chi connectivity index (χ0n) is 10.5. The van der Waals surface area contributed by atoms with Gasteiger partial charge in [-0.15, -0.1) is 0 Å². The molecule has 96 valence electrons. The van der Waals surface area contributed by atoms with Crippen molar-refractivity contribution >= 4 is 5.95 Å². The van der Waals surface area contributed by atoms with Gasteiger partial charge in [-0.25, -0.2) is 0 Å². The van der Waals surface area contributed by atoms with Crippen LogP contribution in [0.15, 0.2) is 6.07 Å². The number of aliphatic hydroxyl groups is 1. The minimum absolute atomic E-state index is 0.0584. The van der Waals surface area contributed by atoms with E-state index < -0.39 is 0 Å². The third-order valence-electron chi connectivity index (χ3n) is 2.23. The van der Waals surface area contributed by atoms with E-state index in [0.29, 0.717) is 24.3 Å². The van der Waals surface area contributed by atoms with E-state index in [4.69, 9.17) is 14.6 Å². The van der Waals surface area contributed by atoms with Crippen LogP contribution in [0.5, 0.6) is 11.8 Å². The lowest BCUT2D eigenvalue weighted by molar-refractivity contribution is 0.300. The van der Waals surface area contributed by atoms with Gasteiger partial charge in [0.1, 0.15) is 0 Å². The Morgan fingerprint density at radius 2 is 1.76 bits per heavy atom. The fourth-order valence-electron chi connectivity index (χ4n) is 1.45. The van der Waals surface area contributed by atoms with E-state index in [9.17, 15) is 0 Å². The molecular weight excluding hydrogens is 222 g/mol. The Kier molecular flexibility index (Phi) is 5.48. The lowest BCUT2D eigenvalue weighted by Gasteiger charge is -2.21. The maximum absolute atomic E-state index is 9.02. The van der Waals surface area contributed by atoms with E-state index in [0.717, 1.165) is 13.0 Å². The number of ether oxygens (including phenoxy) is 2. The molecule has 17 heavy (non-hydrogen) atoms. The SMILES string of the molecule is CCCN(CCO)c1nc(OC)cc(OC)n1. The Hall–Kier alpha value is -1.56. The van der Waals surface area contributed by atoms with Gasteiger partial charge in [0.05, 0.1) is 26.9 Å². The number of rotatable bonds is 7. The normalized spacial score (nSPS) is 10.1. The predicted octanol–water partition coefficient (Wildman–Crippen LogP) is 0.702. The first-order valence-electron chi connectivity index (χ1n) is 5.58. The molecule has 0 aromatic carbocycles. The van der Waals surface area contributed by atoms with Crippen molar-refractivity contribution in [1.82, 2.24) is 9.97 Å². The third kappa shape index (κ3) is 3.74. The van der Waals surface area contributed by atoms with Crippen molar-refractivity contribution in [3.8, 4) is 11.8 Å². The molecule has 0 aliphatic rings. The van der Waals surface area contributed by atoms with Crippen molar-refractivity contribution in [1.29, 1.82) is 0 Å². The quantitative estimate of drug-likeness (QED) is 0.758. The summed E-state index contributed by atoms with van der Waals surface area (Å²) in [6.45, 7) is 3.38. The van der Waals surface area contributed by atoms with Gasteiger partial charge < -0.3 is 19.5 Å². The summed E-state index contributed by atoms with van der Waals surface area (Å²) in [5, 5.41) is 9.02. The zero-order chi connectivity index (χ0) is 12.7. The molecule has 6 heteroatoms. The molecule has 6 nitrogen and oxygen atoms in total. The van der Waals surface area contributed by atoms with Crippen molar-refractivity contribution in [2.24, 2.45) is 0 Å². The van der Waals surface area contributed by atoms with Crippen LogP contribution in [0.25, 0.3) is 0 Å². The van der Waals surface area contributed by atoms with Crippen molar-refractivity contribution in [2.45, 2.75) is 13.3 Å². The van der Waals surface area contributed by atoms with Gasteiger partial charge in [-0.1, -0.05) is 6.92 Å². The summed E-state index contributed by atoms with van der Waals surface area (Å²) in [5.41, 5.74) is 0. The fraction of sp³-hybridized carbons (Fsp3) is 0.636. The third-order valence-corrected chi connectivity index (χ3v) is 2.23. The van der Waals surface area contributed by atoms with Crippen LogP contribution in [-0.4, -0.2) is 49.0 Å². The van der Waals surface area contributed by atoms with Gasteiger partial charge in [-0.05, 0) is 6.42 Å². The molecule has 0 saturated carbocycles. The van der Waals surface area contributed by atoms with Crippen LogP contribution in [0.1, 0.15) is 13.3 Å². The van der Waals surface area contributed by atoms with Gasteiger partial charge >= 0.3 is 0 Å². The van der Waals surface area contributed by atoms with Gasteiger partial charge in [0.15, 0.2) is 0 Å². The summed E-state index contributed by atoms with van der Waals surface area (Å²) < 4.78 is 10.2. The highest BCUT2D eigenvalue weighted by atomic mass is 16.5. The van der Waals surface area contributed by atoms with Crippen LogP contribution in [-0.2, 0) is 0 Å². The largest absolute Gasteiger partial charge is 0.481 e. The average Bonchev–Trinajstić information content (AvgIpc) is 2.37. The molecular formula is C11H19N3O3. The van der Waals surface area contributed by atoms with Crippen LogP contribution in [0.3, 0.4) is 0 Å². The number of hydrogen-bond donors (Lipinski definition) is 1. The number of nitrogens with zero attached hydrogens (tertiary/aromatic N) is 3. The molecule has 0 radical (unpaired) electrons. The first-order valence-corrected chi connectivity index (χ1v) is 5.58. The van der Waals surface area contributed by atoms with E-state index in [1.165, 1.54) is 0 Å². The number of methoxy groups -OCH3 is 2. The fourth-order valence-corrected chi connectivity index (χ4v) is 1.45. The zero-order valence-corrected chi connectivity index (χ0v) is 10.5. The molecule has 0 bridgehead atoms. The lowest BCUT2D eigenvalue weighted by atomic mass is 10.4. The molecule has 0 atom stereocenters. The molecule has 0 saturated heterocycles. The minimum Gasteiger partial charge on any atom is -0.481 e. The average molecular weight is 241 g/mol. The molecule has 0 fully saturated rings. The van der Waals surface area contributed by atoms with E-state index in [-0.39, 0.29) is 6.61 Å². The first kappa shape index (κ1) is 13.5. The molecule has 1 rings (SSSR count). The monoisotopic (exact) mass is 241 g/mol. The Morgan fingerprint density at radius 3 is 2.18 bits per heavy atom. The van der Waals surface area contributed by atoms with Gasteiger partial charge in [-0.2, -0.15) is 9.97 Å². The summed E-state index contributed by atoms with van der Waals surface area (Å²) in [6.07, 6.45) is 0.947. The van der Waals surface area contributed by atoms with Crippen LogP contribution in [0, 0.1) is 0 Å². The van der Waals surface area contributed by atoms with Gasteiger partial charge in [0.2, 0.25) is 17.7 Å². The number of anilines is 1. The van der Waals surface area contributed by atoms with Crippen molar-refractivity contribution in [3.05, 3.63) is 6.07 Å². The number of aromatic nitrogens is 2. The number of hydrogen-bond acceptors (Lipinski definition) is 6. The highest BCUT2D eigenvalue weighted by molar-refractivity contribution is 5.36. The second-order valence-corrected chi connectivity index (χ2v) is 3.46. The molecule has 0 aliphatic heterocycles. The van der Waals surface area contributed by atoms with E-state index in [1.807, 2.05) is 4.90 Å². The lowest BCUT2D eigenvalue weighted by Crippen LogP contribution is -2.29. The van der Waals surface area contributed by atoms with Crippen LogP contribution >= 0.6 is 0 Å². The predicted molar refractivity (Wildman–Crippen MR) is 64.7 cm³/mol. The summed E-state index contributed by atoms with van der Waals surface area (Å²) in [6, 6.07) is 1.62. The molecule has 1 aromatic rings. The minimum atomic E-state index is 0.0584.